The van der Waals surface area contributed by atoms with Gasteiger partial charge >= 0.3 is 0 Å². The van der Waals surface area contributed by atoms with Crippen LogP contribution in [0.4, 0.5) is 0 Å². The highest BCUT2D eigenvalue weighted by molar-refractivity contribution is 4.81. The van der Waals surface area contributed by atoms with Crippen LogP contribution in [0.25, 0.3) is 0 Å². The first kappa shape index (κ1) is 18.7. The topological polar surface area (TPSA) is 27.7 Å². The second-order valence-electron chi connectivity index (χ2n) is 8.82. The zero-order valence-electron chi connectivity index (χ0n) is 15.9. The van der Waals surface area contributed by atoms with Crippen molar-refractivity contribution in [1.29, 1.82) is 0 Å². The molecule has 0 atom stereocenters. The lowest BCUT2D eigenvalue weighted by atomic mass is 9.69. The van der Waals surface area contributed by atoms with Crippen LogP contribution in [0.15, 0.2) is 0 Å². The van der Waals surface area contributed by atoms with Gasteiger partial charge in [-0.2, -0.15) is 0 Å². The summed E-state index contributed by atoms with van der Waals surface area (Å²) in [6, 6.07) is 0. The second-order valence-corrected chi connectivity index (χ2v) is 8.82. The van der Waals surface area contributed by atoms with E-state index in [0.29, 0.717) is 6.10 Å². The van der Waals surface area contributed by atoms with Crippen molar-refractivity contribution in [1.82, 2.24) is 0 Å². The fourth-order valence-electron chi connectivity index (χ4n) is 5.18. The molecule has 0 unspecified atom stereocenters. The molecule has 24 heavy (non-hydrogen) atoms. The maximum atomic E-state index is 5.68. The van der Waals surface area contributed by atoms with Crippen LogP contribution in [-0.4, -0.2) is 25.9 Å². The lowest BCUT2D eigenvalue weighted by molar-refractivity contribution is -0.336. The average Bonchev–Trinajstić information content (AvgIpc) is 2.64. The van der Waals surface area contributed by atoms with Crippen molar-refractivity contribution >= 4 is 0 Å². The van der Waals surface area contributed by atoms with E-state index in [4.69, 9.17) is 14.5 Å². The zero-order valence-corrected chi connectivity index (χ0v) is 15.9. The number of methoxy groups -OCH3 is 1. The van der Waals surface area contributed by atoms with E-state index in [-0.39, 0.29) is 6.10 Å². The molecule has 3 nitrogen and oxygen atoms in total. The molecule has 3 saturated carbocycles. The van der Waals surface area contributed by atoms with Crippen LogP contribution >= 0.6 is 0 Å². The SMILES string of the molecule is COC1CCC(OOCC2CCC(C3CCC(C)CC3)CC2)CC1. The van der Waals surface area contributed by atoms with Crippen LogP contribution in [0.3, 0.4) is 0 Å². The van der Waals surface area contributed by atoms with E-state index in [2.05, 4.69) is 6.92 Å². The van der Waals surface area contributed by atoms with Crippen LogP contribution in [0, 0.1) is 23.7 Å². The molecule has 0 aromatic rings. The summed E-state index contributed by atoms with van der Waals surface area (Å²) in [5.74, 6) is 3.72. The van der Waals surface area contributed by atoms with E-state index in [1.807, 2.05) is 7.11 Å². The standard InChI is InChI=1S/C21H38O3/c1-16-3-7-18(8-4-16)19-9-5-17(6-10-19)15-23-24-21-13-11-20(22-2)12-14-21/h16-21H,3-15H2,1-2H3. The number of hydrogen-bond donors (Lipinski definition) is 0. The molecule has 0 radical (unpaired) electrons. The highest BCUT2D eigenvalue weighted by atomic mass is 17.2. The number of rotatable bonds is 6. The first-order valence-corrected chi connectivity index (χ1v) is 10.6. The van der Waals surface area contributed by atoms with Crippen molar-refractivity contribution in [2.45, 2.75) is 96.2 Å². The van der Waals surface area contributed by atoms with Gasteiger partial charge in [0.15, 0.2) is 0 Å². The van der Waals surface area contributed by atoms with Crippen molar-refractivity contribution in [2.75, 3.05) is 13.7 Å². The van der Waals surface area contributed by atoms with E-state index in [0.717, 1.165) is 56.0 Å². The molecule has 3 aliphatic rings. The summed E-state index contributed by atoms with van der Waals surface area (Å²) in [5, 5.41) is 0. The highest BCUT2D eigenvalue weighted by Crippen LogP contribution is 2.41. The Labute approximate surface area is 148 Å². The Morgan fingerprint density at radius 1 is 0.667 bits per heavy atom. The lowest BCUT2D eigenvalue weighted by Crippen LogP contribution is -2.28. The Morgan fingerprint density at radius 2 is 1.21 bits per heavy atom. The predicted molar refractivity (Wildman–Crippen MR) is 96.7 cm³/mol. The molecule has 3 fully saturated rings. The Kier molecular flexibility index (Phi) is 7.42. The summed E-state index contributed by atoms with van der Waals surface area (Å²) in [6.07, 6.45) is 16.5. The molecule has 3 heteroatoms. The minimum absolute atomic E-state index is 0.289. The van der Waals surface area contributed by atoms with E-state index in [9.17, 15) is 0 Å². The summed E-state index contributed by atoms with van der Waals surface area (Å²) in [7, 11) is 1.81. The van der Waals surface area contributed by atoms with Gasteiger partial charge in [-0.25, -0.2) is 9.78 Å². The zero-order chi connectivity index (χ0) is 16.8. The average molecular weight is 339 g/mol. The predicted octanol–water partition coefficient (Wildman–Crippen LogP) is 5.52. The van der Waals surface area contributed by atoms with Crippen LogP contribution in [0.1, 0.15) is 84.0 Å². The Hall–Kier alpha value is -0.120. The van der Waals surface area contributed by atoms with Crippen molar-refractivity contribution in [3.8, 4) is 0 Å². The normalized spacial score (nSPS) is 41.2. The first-order chi connectivity index (χ1) is 11.7. The van der Waals surface area contributed by atoms with E-state index >= 15 is 0 Å². The maximum Gasteiger partial charge on any atom is 0.0931 e. The first-order valence-electron chi connectivity index (χ1n) is 10.6. The van der Waals surface area contributed by atoms with Crippen LogP contribution < -0.4 is 0 Å². The number of hydrogen-bond acceptors (Lipinski definition) is 3. The minimum atomic E-state index is 0.289. The Balaban J connectivity index is 1.26. The molecule has 0 aromatic carbocycles. The molecule has 0 aromatic heterocycles. The summed E-state index contributed by atoms with van der Waals surface area (Å²) < 4.78 is 5.41. The Bertz CT molecular complexity index is 335. The van der Waals surface area contributed by atoms with Gasteiger partial charge in [0.2, 0.25) is 0 Å². The lowest BCUT2D eigenvalue weighted by Gasteiger charge is -2.37. The summed E-state index contributed by atoms with van der Waals surface area (Å²) >= 11 is 0. The largest absolute Gasteiger partial charge is 0.381 e. The van der Waals surface area contributed by atoms with Crippen LogP contribution in [0.2, 0.25) is 0 Å². The monoisotopic (exact) mass is 338 g/mol. The van der Waals surface area contributed by atoms with Crippen LogP contribution in [-0.2, 0) is 14.5 Å². The molecule has 0 amide bonds. The van der Waals surface area contributed by atoms with Gasteiger partial charge in [0.1, 0.15) is 0 Å². The van der Waals surface area contributed by atoms with Crippen molar-refractivity contribution in [3.63, 3.8) is 0 Å². The van der Waals surface area contributed by atoms with Gasteiger partial charge in [-0.05, 0) is 87.9 Å². The molecule has 140 valence electrons. The minimum Gasteiger partial charge on any atom is -0.381 e. The van der Waals surface area contributed by atoms with Gasteiger partial charge < -0.3 is 4.74 Å². The number of ether oxygens (including phenoxy) is 1. The Morgan fingerprint density at radius 3 is 1.79 bits per heavy atom. The molecule has 0 spiro atoms. The van der Waals surface area contributed by atoms with Gasteiger partial charge in [0, 0.05) is 7.11 Å². The van der Waals surface area contributed by atoms with Gasteiger partial charge in [-0.3, -0.25) is 0 Å². The van der Waals surface area contributed by atoms with E-state index in [1.165, 1.54) is 51.4 Å². The fourth-order valence-corrected chi connectivity index (χ4v) is 5.18. The van der Waals surface area contributed by atoms with Crippen molar-refractivity contribution in [3.05, 3.63) is 0 Å². The summed E-state index contributed by atoms with van der Waals surface area (Å²) in [4.78, 5) is 11.3. The third-order valence-corrected chi connectivity index (χ3v) is 7.08. The van der Waals surface area contributed by atoms with Gasteiger partial charge in [-0.15, -0.1) is 0 Å². The van der Waals surface area contributed by atoms with Crippen molar-refractivity contribution < 1.29 is 14.5 Å². The molecule has 0 N–H and O–H groups in total. The second kappa shape index (κ2) is 9.54. The smallest absolute Gasteiger partial charge is 0.0931 e. The van der Waals surface area contributed by atoms with Crippen molar-refractivity contribution in [2.24, 2.45) is 23.7 Å². The molecule has 0 aliphatic heterocycles. The maximum absolute atomic E-state index is 5.68. The van der Waals surface area contributed by atoms with Gasteiger partial charge in [0.25, 0.3) is 0 Å². The molecule has 0 bridgehead atoms. The molecule has 0 saturated heterocycles. The fraction of sp³-hybridized carbons (Fsp3) is 1.00. The van der Waals surface area contributed by atoms with Gasteiger partial charge in [-0.1, -0.05) is 19.8 Å². The molecule has 0 heterocycles. The molecular weight excluding hydrogens is 300 g/mol. The summed E-state index contributed by atoms with van der Waals surface area (Å²) in [6.45, 7) is 3.23. The third-order valence-electron chi connectivity index (χ3n) is 7.08. The third kappa shape index (κ3) is 5.44. The summed E-state index contributed by atoms with van der Waals surface area (Å²) in [5.41, 5.74) is 0. The molecular formula is C21H38O3. The van der Waals surface area contributed by atoms with E-state index < -0.39 is 0 Å². The van der Waals surface area contributed by atoms with Crippen LogP contribution in [0.5, 0.6) is 0 Å². The highest BCUT2D eigenvalue weighted by Gasteiger charge is 2.30. The molecule has 3 aliphatic carbocycles. The van der Waals surface area contributed by atoms with E-state index in [1.54, 1.807) is 0 Å². The van der Waals surface area contributed by atoms with Gasteiger partial charge in [0.05, 0.1) is 18.8 Å². The quantitative estimate of drug-likeness (QED) is 0.471. The molecule has 3 rings (SSSR count).